The molecule has 0 amide bonds. The Kier molecular flexibility index (Phi) is 5.26. The van der Waals surface area contributed by atoms with E-state index in [1.807, 2.05) is 37.3 Å². The second-order valence-electron chi connectivity index (χ2n) is 7.19. The van der Waals surface area contributed by atoms with Crippen LogP contribution in [0.5, 0.6) is 5.75 Å². The van der Waals surface area contributed by atoms with Crippen LogP contribution in [0.2, 0.25) is 5.02 Å². The molecule has 3 aromatic carbocycles. The minimum absolute atomic E-state index is 0.184. The second kappa shape index (κ2) is 7.74. The summed E-state index contributed by atoms with van der Waals surface area (Å²) in [4.78, 5) is 4.90. The van der Waals surface area contributed by atoms with Crippen molar-refractivity contribution in [1.82, 2.24) is 4.98 Å². The number of pyridine rings is 1. The molecule has 6 heteroatoms. The third-order valence-corrected chi connectivity index (χ3v) is 6.50. The highest BCUT2D eigenvalue weighted by atomic mass is 35.5. The third kappa shape index (κ3) is 3.66. The van der Waals surface area contributed by atoms with Gasteiger partial charge in [0.15, 0.2) is 9.84 Å². The summed E-state index contributed by atoms with van der Waals surface area (Å²) in [5, 5.41) is 1.21. The maximum Gasteiger partial charge on any atom is 0.175 e. The van der Waals surface area contributed by atoms with Crippen molar-refractivity contribution in [3.63, 3.8) is 0 Å². The summed E-state index contributed by atoms with van der Waals surface area (Å²) in [7, 11) is -1.69. The van der Waals surface area contributed by atoms with Crippen molar-refractivity contribution in [3.05, 3.63) is 77.4 Å². The number of nitrogens with zero attached hydrogens (tertiary/aromatic N) is 1. The number of sulfone groups is 1. The van der Waals surface area contributed by atoms with Gasteiger partial charge in [-0.15, -0.1) is 0 Å². The number of halogens is 1. The lowest BCUT2D eigenvalue weighted by Crippen LogP contribution is -1.97. The molecule has 0 aliphatic heterocycles. The maximum absolute atomic E-state index is 11.8. The van der Waals surface area contributed by atoms with Gasteiger partial charge in [0.05, 0.1) is 17.5 Å². The van der Waals surface area contributed by atoms with Gasteiger partial charge in [-0.2, -0.15) is 0 Å². The number of rotatable bonds is 4. The number of ether oxygens (including phenoxy) is 1. The number of benzene rings is 3. The zero-order chi connectivity index (χ0) is 21.5. The van der Waals surface area contributed by atoms with Crippen LogP contribution in [-0.4, -0.2) is 26.8 Å². The summed E-state index contributed by atoms with van der Waals surface area (Å²) < 4.78 is 29.4. The molecule has 0 aliphatic carbocycles. The van der Waals surface area contributed by atoms with E-state index in [-0.39, 0.29) is 4.90 Å². The summed E-state index contributed by atoms with van der Waals surface area (Å²) in [6, 6.07) is 18.8. The molecular formula is C24H20ClNO3S. The molecule has 1 aromatic heterocycles. The molecule has 0 spiro atoms. The van der Waals surface area contributed by atoms with Crippen molar-refractivity contribution in [3.8, 4) is 28.0 Å². The average molecular weight is 438 g/mol. The lowest BCUT2D eigenvalue weighted by molar-refractivity contribution is 0.421. The second-order valence-corrected chi connectivity index (χ2v) is 9.61. The number of methoxy groups -OCH3 is 1. The van der Waals surface area contributed by atoms with E-state index in [0.29, 0.717) is 10.6 Å². The molecule has 0 atom stereocenters. The van der Waals surface area contributed by atoms with Gasteiger partial charge in [0, 0.05) is 39.6 Å². The normalized spacial score (nSPS) is 11.6. The topological polar surface area (TPSA) is 56.3 Å². The Morgan fingerprint density at radius 2 is 1.67 bits per heavy atom. The Morgan fingerprint density at radius 3 is 2.30 bits per heavy atom. The summed E-state index contributed by atoms with van der Waals surface area (Å²) in [6.07, 6.45) is 2.96. The van der Waals surface area contributed by atoms with E-state index in [1.54, 1.807) is 25.4 Å². The van der Waals surface area contributed by atoms with Crippen LogP contribution in [0.15, 0.2) is 71.8 Å². The van der Waals surface area contributed by atoms with Gasteiger partial charge in [-0.25, -0.2) is 8.42 Å². The van der Waals surface area contributed by atoms with Gasteiger partial charge in [0.1, 0.15) is 5.75 Å². The number of hydrogen-bond donors (Lipinski definition) is 0. The first-order chi connectivity index (χ1) is 14.3. The highest BCUT2D eigenvalue weighted by molar-refractivity contribution is 7.90. The van der Waals surface area contributed by atoms with Crippen molar-refractivity contribution in [2.24, 2.45) is 0 Å². The van der Waals surface area contributed by atoms with Gasteiger partial charge in [0.2, 0.25) is 0 Å². The van der Waals surface area contributed by atoms with Crippen LogP contribution in [-0.2, 0) is 9.84 Å². The van der Waals surface area contributed by atoms with Gasteiger partial charge in [0.25, 0.3) is 0 Å². The Labute approximate surface area is 181 Å². The monoisotopic (exact) mass is 437 g/mol. The third-order valence-electron chi connectivity index (χ3n) is 5.07. The molecule has 0 fully saturated rings. The smallest absolute Gasteiger partial charge is 0.175 e. The lowest BCUT2D eigenvalue weighted by atomic mass is 9.98. The fraction of sp³-hybridized carbons (Fsp3) is 0.125. The van der Waals surface area contributed by atoms with E-state index in [4.69, 9.17) is 21.3 Å². The molecule has 0 aliphatic rings. The van der Waals surface area contributed by atoms with Gasteiger partial charge >= 0.3 is 0 Å². The number of aryl methyl sites for hydroxylation is 1. The van der Waals surface area contributed by atoms with Crippen molar-refractivity contribution >= 4 is 32.3 Å². The summed E-state index contributed by atoms with van der Waals surface area (Å²) in [5.41, 5.74) is 5.37. The van der Waals surface area contributed by atoms with E-state index in [1.165, 1.54) is 11.6 Å². The summed E-state index contributed by atoms with van der Waals surface area (Å²) >= 11 is 6.46. The molecule has 4 aromatic rings. The van der Waals surface area contributed by atoms with Crippen molar-refractivity contribution in [1.29, 1.82) is 0 Å². The average Bonchev–Trinajstić information content (AvgIpc) is 2.72. The number of aromatic nitrogens is 1. The quantitative estimate of drug-likeness (QED) is 0.396. The van der Waals surface area contributed by atoms with E-state index in [0.717, 1.165) is 39.6 Å². The number of para-hydroxylation sites is 1. The molecule has 0 unspecified atom stereocenters. The molecule has 4 nitrogen and oxygen atoms in total. The van der Waals surface area contributed by atoms with Crippen molar-refractivity contribution in [2.45, 2.75) is 11.8 Å². The Bertz CT molecular complexity index is 1360. The molecule has 30 heavy (non-hydrogen) atoms. The van der Waals surface area contributed by atoms with Crippen molar-refractivity contribution in [2.75, 3.05) is 13.4 Å². The minimum Gasteiger partial charge on any atom is -0.495 e. The Morgan fingerprint density at radius 1 is 0.933 bits per heavy atom. The van der Waals surface area contributed by atoms with Crippen LogP contribution in [0, 0.1) is 6.92 Å². The predicted molar refractivity (Wildman–Crippen MR) is 122 cm³/mol. The summed E-state index contributed by atoms with van der Waals surface area (Å²) in [6.45, 7) is 2.05. The largest absolute Gasteiger partial charge is 0.495 e. The van der Waals surface area contributed by atoms with Gasteiger partial charge < -0.3 is 4.74 Å². The molecule has 0 N–H and O–H groups in total. The lowest BCUT2D eigenvalue weighted by Gasteiger charge is -2.15. The van der Waals surface area contributed by atoms with Gasteiger partial charge in [-0.1, -0.05) is 59.6 Å². The van der Waals surface area contributed by atoms with Gasteiger partial charge in [-0.3, -0.25) is 4.98 Å². The Balaban J connectivity index is 1.93. The predicted octanol–water partition coefficient (Wildman–Crippen LogP) is 5.94. The van der Waals surface area contributed by atoms with Crippen LogP contribution in [0.3, 0.4) is 0 Å². The van der Waals surface area contributed by atoms with Crippen LogP contribution >= 0.6 is 11.6 Å². The standard InChI is InChI=1S/C24H20ClNO3S/c1-15-7-9-16(10-8-15)21-14-26-23-19(5-4-6-20(23)24(21)29-2)18-12-11-17(13-22(18)25)30(3,27)28/h4-14H,1-3H3. The molecule has 4 rings (SSSR count). The van der Waals surface area contributed by atoms with E-state index < -0.39 is 9.84 Å². The summed E-state index contributed by atoms with van der Waals surface area (Å²) in [5.74, 6) is 0.731. The first-order valence-corrected chi connectivity index (χ1v) is 11.6. The fourth-order valence-corrected chi connectivity index (χ4v) is 4.51. The van der Waals surface area contributed by atoms with Crippen molar-refractivity contribution < 1.29 is 13.2 Å². The van der Waals surface area contributed by atoms with Crippen LogP contribution in [0.4, 0.5) is 0 Å². The van der Waals surface area contributed by atoms with E-state index in [9.17, 15) is 8.42 Å². The molecule has 1 heterocycles. The molecular weight excluding hydrogens is 418 g/mol. The SMILES string of the molecule is COc1c(-c2ccc(C)cc2)cnc2c(-c3ccc(S(C)(=O)=O)cc3Cl)cccc12. The van der Waals surface area contributed by atoms with Crippen LogP contribution in [0.25, 0.3) is 33.2 Å². The van der Waals surface area contributed by atoms with E-state index in [2.05, 4.69) is 12.1 Å². The first kappa shape index (κ1) is 20.4. The van der Waals surface area contributed by atoms with Crippen LogP contribution in [0.1, 0.15) is 5.56 Å². The van der Waals surface area contributed by atoms with Crippen LogP contribution < -0.4 is 4.74 Å². The van der Waals surface area contributed by atoms with Gasteiger partial charge in [-0.05, 0) is 30.7 Å². The highest BCUT2D eigenvalue weighted by Gasteiger charge is 2.17. The molecule has 0 radical (unpaired) electrons. The van der Waals surface area contributed by atoms with E-state index >= 15 is 0 Å². The zero-order valence-electron chi connectivity index (χ0n) is 16.8. The fourth-order valence-electron chi connectivity index (χ4n) is 3.52. The number of hydrogen-bond acceptors (Lipinski definition) is 4. The molecule has 152 valence electrons. The molecule has 0 saturated carbocycles. The zero-order valence-corrected chi connectivity index (χ0v) is 18.4. The number of fused-ring (bicyclic) bond motifs is 1. The first-order valence-electron chi connectivity index (χ1n) is 9.32. The molecule has 0 bridgehead atoms. The maximum atomic E-state index is 11.8. The Hall–Kier alpha value is -2.89. The molecule has 0 saturated heterocycles. The highest BCUT2D eigenvalue weighted by Crippen LogP contribution is 2.40. The minimum atomic E-state index is -3.34.